The number of hydrogen-bond donors (Lipinski definition) is 0. The number of hydrogen-bond acceptors (Lipinski definition) is 2. The fourth-order valence-electron chi connectivity index (χ4n) is 3.91. The van der Waals surface area contributed by atoms with E-state index in [4.69, 9.17) is 0 Å². The van der Waals surface area contributed by atoms with Crippen LogP contribution in [0, 0.1) is 11.7 Å². The second-order valence-electron chi connectivity index (χ2n) is 6.88. The summed E-state index contributed by atoms with van der Waals surface area (Å²) in [5, 5.41) is 4.27. The topological polar surface area (TPSA) is 38.1 Å². The number of rotatable bonds is 4. The lowest BCUT2D eigenvalue weighted by Gasteiger charge is -2.36. The van der Waals surface area contributed by atoms with Crippen molar-refractivity contribution < 1.29 is 9.18 Å². The molecule has 0 unspecified atom stereocenters. The minimum absolute atomic E-state index is 0.0472. The normalized spacial score (nSPS) is 26.4. The van der Waals surface area contributed by atoms with Crippen LogP contribution in [-0.4, -0.2) is 33.2 Å². The van der Waals surface area contributed by atoms with Gasteiger partial charge in [0.05, 0.1) is 12.6 Å². The Balaban J connectivity index is 1.46. The first kappa shape index (κ1) is 15.4. The van der Waals surface area contributed by atoms with Gasteiger partial charge in [-0.2, -0.15) is 5.10 Å². The summed E-state index contributed by atoms with van der Waals surface area (Å²) in [7, 11) is 0. The van der Waals surface area contributed by atoms with Gasteiger partial charge in [0.2, 0.25) is 5.91 Å². The van der Waals surface area contributed by atoms with E-state index in [0.717, 1.165) is 38.8 Å². The largest absolute Gasteiger partial charge is 0.338 e. The number of aromatic nitrogens is 2. The molecule has 4 rings (SSSR count). The predicted octanol–water partition coefficient (Wildman–Crippen LogP) is 3.21. The molecule has 0 bridgehead atoms. The summed E-state index contributed by atoms with van der Waals surface area (Å²) in [5.41, 5.74) is 0.691. The molecule has 5 heteroatoms. The first-order valence-electron chi connectivity index (χ1n) is 8.76. The Bertz CT molecular complexity index is 715. The third-order valence-corrected chi connectivity index (χ3v) is 5.28. The second kappa shape index (κ2) is 6.38. The van der Waals surface area contributed by atoms with Crippen LogP contribution in [0.4, 0.5) is 4.39 Å². The number of amides is 1. The zero-order valence-corrected chi connectivity index (χ0v) is 13.6. The first-order chi connectivity index (χ1) is 11.7. The van der Waals surface area contributed by atoms with Gasteiger partial charge in [-0.15, -0.1) is 0 Å². The van der Waals surface area contributed by atoms with E-state index in [-0.39, 0.29) is 29.6 Å². The molecule has 0 N–H and O–H groups in total. The smallest absolute Gasteiger partial charge is 0.226 e. The van der Waals surface area contributed by atoms with Gasteiger partial charge in [0.15, 0.2) is 0 Å². The number of piperidine rings is 1. The molecule has 1 aromatic heterocycles. The molecular formula is C19H22FN3O. The van der Waals surface area contributed by atoms with Gasteiger partial charge in [0, 0.05) is 24.9 Å². The van der Waals surface area contributed by atoms with Gasteiger partial charge in [-0.25, -0.2) is 4.39 Å². The minimum atomic E-state index is -0.190. The number of likely N-dealkylation sites (tertiary alicyclic amines) is 1. The SMILES string of the molecule is O=C([C@@H]1C[C@H]1c1ccccc1F)N1CCCC[C@@H]1Cn1cccn1. The van der Waals surface area contributed by atoms with Crippen molar-refractivity contribution in [2.45, 2.75) is 44.2 Å². The van der Waals surface area contributed by atoms with Crippen molar-refractivity contribution in [3.8, 4) is 0 Å². The summed E-state index contributed by atoms with van der Waals surface area (Å²) in [6, 6.07) is 8.95. The van der Waals surface area contributed by atoms with Gasteiger partial charge in [0.1, 0.15) is 5.82 Å². The maximum Gasteiger partial charge on any atom is 0.226 e. The Morgan fingerprint density at radius 1 is 1.25 bits per heavy atom. The molecule has 2 aliphatic rings. The van der Waals surface area contributed by atoms with E-state index in [1.54, 1.807) is 12.3 Å². The highest BCUT2D eigenvalue weighted by Gasteiger charge is 2.48. The summed E-state index contributed by atoms with van der Waals surface area (Å²) in [4.78, 5) is 15.0. The van der Waals surface area contributed by atoms with Crippen LogP contribution in [0.25, 0.3) is 0 Å². The van der Waals surface area contributed by atoms with Crippen molar-refractivity contribution in [2.75, 3.05) is 6.54 Å². The van der Waals surface area contributed by atoms with Crippen LogP contribution < -0.4 is 0 Å². The summed E-state index contributed by atoms with van der Waals surface area (Å²) >= 11 is 0. The molecule has 126 valence electrons. The molecule has 24 heavy (non-hydrogen) atoms. The van der Waals surface area contributed by atoms with Crippen molar-refractivity contribution in [3.05, 3.63) is 54.1 Å². The number of benzene rings is 1. The molecule has 1 amide bonds. The van der Waals surface area contributed by atoms with E-state index < -0.39 is 0 Å². The molecule has 4 nitrogen and oxygen atoms in total. The van der Waals surface area contributed by atoms with E-state index in [0.29, 0.717) is 5.56 Å². The van der Waals surface area contributed by atoms with Crippen molar-refractivity contribution in [1.29, 1.82) is 0 Å². The van der Waals surface area contributed by atoms with Gasteiger partial charge >= 0.3 is 0 Å². The highest BCUT2D eigenvalue weighted by Crippen LogP contribution is 2.49. The van der Waals surface area contributed by atoms with Crippen LogP contribution in [0.1, 0.15) is 37.2 Å². The van der Waals surface area contributed by atoms with E-state index >= 15 is 0 Å². The molecule has 2 aromatic rings. The zero-order chi connectivity index (χ0) is 16.5. The Morgan fingerprint density at radius 3 is 2.92 bits per heavy atom. The molecule has 2 heterocycles. The number of nitrogens with zero attached hydrogens (tertiary/aromatic N) is 3. The fraction of sp³-hybridized carbons (Fsp3) is 0.474. The Kier molecular flexibility index (Phi) is 4.08. The quantitative estimate of drug-likeness (QED) is 0.865. The van der Waals surface area contributed by atoms with Gasteiger partial charge in [-0.1, -0.05) is 18.2 Å². The van der Waals surface area contributed by atoms with Crippen LogP contribution in [0.5, 0.6) is 0 Å². The Morgan fingerprint density at radius 2 is 2.12 bits per heavy atom. The third kappa shape index (κ3) is 2.95. The van der Waals surface area contributed by atoms with Crippen LogP contribution in [-0.2, 0) is 11.3 Å². The molecule has 1 saturated carbocycles. The van der Waals surface area contributed by atoms with Crippen LogP contribution >= 0.6 is 0 Å². The molecule has 1 aromatic carbocycles. The van der Waals surface area contributed by atoms with Crippen molar-refractivity contribution in [3.63, 3.8) is 0 Å². The standard InChI is InChI=1S/C19H22FN3O/c20-18-8-2-1-7-15(18)16-12-17(16)19(24)23-11-4-3-6-14(23)13-22-10-5-9-21-22/h1-2,5,7-10,14,16-17H,3-4,6,11-13H2/t14-,16+,17-/m1/s1. The maximum absolute atomic E-state index is 14.0. The molecule has 1 aliphatic carbocycles. The third-order valence-electron chi connectivity index (χ3n) is 5.28. The lowest BCUT2D eigenvalue weighted by molar-refractivity contribution is -0.136. The van der Waals surface area contributed by atoms with Gasteiger partial charge in [-0.3, -0.25) is 9.48 Å². The van der Waals surface area contributed by atoms with E-state index in [2.05, 4.69) is 5.10 Å². The van der Waals surface area contributed by atoms with Gasteiger partial charge in [-0.05, 0) is 49.3 Å². The lowest BCUT2D eigenvalue weighted by atomic mass is 10.0. The van der Waals surface area contributed by atoms with E-state index in [9.17, 15) is 9.18 Å². The molecule has 1 aliphatic heterocycles. The van der Waals surface area contributed by atoms with Crippen molar-refractivity contribution in [2.24, 2.45) is 5.92 Å². The summed E-state index contributed by atoms with van der Waals surface area (Å²) in [6.45, 7) is 1.56. The fourth-order valence-corrected chi connectivity index (χ4v) is 3.91. The molecule has 2 fully saturated rings. The van der Waals surface area contributed by atoms with Gasteiger partial charge in [0.25, 0.3) is 0 Å². The number of halogens is 1. The second-order valence-corrected chi connectivity index (χ2v) is 6.88. The predicted molar refractivity (Wildman–Crippen MR) is 88.8 cm³/mol. The van der Waals surface area contributed by atoms with Crippen molar-refractivity contribution in [1.82, 2.24) is 14.7 Å². The molecule has 3 atom stereocenters. The lowest BCUT2D eigenvalue weighted by Crippen LogP contribution is -2.46. The average molecular weight is 327 g/mol. The highest BCUT2D eigenvalue weighted by atomic mass is 19.1. The monoisotopic (exact) mass is 327 g/mol. The maximum atomic E-state index is 14.0. The van der Waals surface area contributed by atoms with Crippen LogP contribution in [0.3, 0.4) is 0 Å². The minimum Gasteiger partial charge on any atom is -0.338 e. The number of carbonyl (C=O) groups excluding carboxylic acids is 1. The van der Waals surface area contributed by atoms with Gasteiger partial charge < -0.3 is 4.90 Å². The molecule has 0 spiro atoms. The van der Waals surface area contributed by atoms with Crippen LogP contribution in [0.2, 0.25) is 0 Å². The Labute approximate surface area is 141 Å². The van der Waals surface area contributed by atoms with Crippen molar-refractivity contribution >= 4 is 5.91 Å². The Hall–Kier alpha value is -2.17. The summed E-state index contributed by atoms with van der Waals surface area (Å²) in [5.74, 6) is -0.00394. The number of carbonyl (C=O) groups is 1. The molecular weight excluding hydrogens is 305 g/mol. The average Bonchev–Trinajstić information content (AvgIpc) is 3.23. The van der Waals surface area contributed by atoms with E-state index in [1.807, 2.05) is 34.0 Å². The summed E-state index contributed by atoms with van der Waals surface area (Å²) in [6.07, 6.45) is 7.70. The molecule has 1 saturated heterocycles. The van der Waals surface area contributed by atoms with E-state index in [1.165, 1.54) is 6.07 Å². The molecule has 0 radical (unpaired) electrons. The highest BCUT2D eigenvalue weighted by molar-refractivity contribution is 5.83. The first-order valence-corrected chi connectivity index (χ1v) is 8.76. The summed E-state index contributed by atoms with van der Waals surface area (Å²) < 4.78 is 15.9. The van der Waals surface area contributed by atoms with Crippen LogP contribution in [0.15, 0.2) is 42.7 Å². The zero-order valence-electron chi connectivity index (χ0n) is 13.6.